The van der Waals surface area contributed by atoms with Crippen LogP contribution < -0.4 is 0 Å². The third-order valence-electron chi connectivity index (χ3n) is 3.09. The van der Waals surface area contributed by atoms with Crippen LogP contribution in [0.1, 0.15) is 25.7 Å². The molecule has 1 atom stereocenters. The second-order valence-corrected chi connectivity index (χ2v) is 7.37. The molecular formula is C11H14O4S2. The standard InChI is InChI=1S/C11H14O4S2/c12-16(13)9-5-7-11(8-6-9)17(14,15)10-3-1-2-4-10/h5-8,10H,1-4H2,(H,12,13). The van der Waals surface area contributed by atoms with Gasteiger partial charge in [0.15, 0.2) is 20.9 Å². The van der Waals surface area contributed by atoms with Crippen LogP contribution in [0.15, 0.2) is 34.1 Å². The van der Waals surface area contributed by atoms with Crippen LogP contribution in [0.3, 0.4) is 0 Å². The lowest BCUT2D eigenvalue weighted by Gasteiger charge is -2.11. The van der Waals surface area contributed by atoms with E-state index in [1.807, 2.05) is 0 Å². The summed E-state index contributed by atoms with van der Waals surface area (Å²) in [4.78, 5) is 0.467. The molecule has 0 spiro atoms. The van der Waals surface area contributed by atoms with E-state index in [-0.39, 0.29) is 15.0 Å². The predicted octanol–water partition coefficient (Wildman–Crippen LogP) is 1.98. The first-order chi connectivity index (χ1) is 8.01. The molecule has 1 aliphatic carbocycles. The first kappa shape index (κ1) is 12.7. The van der Waals surface area contributed by atoms with Crippen molar-refractivity contribution >= 4 is 20.9 Å². The molecule has 0 radical (unpaired) electrons. The normalized spacial score (nSPS) is 19.4. The molecule has 1 unspecified atom stereocenters. The molecular weight excluding hydrogens is 260 g/mol. The van der Waals surface area contributed by atoms with E-state index in [1.165, 1.54) is 24.3 Å². The van der Waals surface area contributed by atoms with Gasteiger partial charge < -0.3 is 4.55 Å². The van der Waals surface area contributed by atoms with Crippen molar-refractivity contribution in [1.29, 1.82) is 0 Å². The van der Waals surface area contributed by atoms with Gasteiger partial charge in [-0.2, -0.15) is 0 Å². The minimum Gasteiger partial charge on any atom is -0.302 e. The van der Waals surface area contributed by atoms with Gasteiger partial charge >= 0.3 is 0 Å². The zero-order valence-electron chi connectivity index (χ0n) is 9.20. The SMILES string of the molecule is O=S(O)c1ccc(S(=O)(=O)C2CCCC2)cc1. The van der Waals surface area contributed by atoms with Crippen molar-refractivity contribution in [3.8, 4) is 0 Å². The van der Waals surface area contributed by atoms with Gasteiger partial charge in [0.2, 0.25) is 0 Å². The molecule has 1 aromatic rings. The average molecular weight is 274 g/mol. The van der Waals surface area contributed by atoms with Gasteiger partial charge in [-0.05, 0) is 37.1 Å². The molecule has 1 fully saturated rings. The molecule has 0 bridgehead atoms. The lowest BCUT2D eigenvalue weighted by molar-refractivity contribution is 0.563. The van der Waals surface area contributed by atoms with Crippen LogP contribution in [0.2, 0.25) is 0 Å². The molecule has 17 heavy (non-hydrogen) atoms. The molecule has 0 saturated heterocycles. The van der Waals surface area contributed by atoms with E-state index in [9.17, 15) is 12.6 Å². The van der Waals surface area contributed by atoms with E-state index in [2.05, 4.69) is 0 Å². The smallest absolute Gasteiger partial charge is 0.186 e. The van der Waals surface area contributed by atoms with Gasteiger partial charge in [-0.15, -0.1) is 0 Å². The lowest BCUT2D eigenvalue weighted by Crippen LogP contribution is -2.17. The minimum absolute atomic E-state index is 0.218. The second kappa shape index (κ2) is 4.88. The highest BCUT2D eigenvalue weighted by Crippen LogP contribution is 2.29. The van der Waals surface area contributed by atoms with E-state index in [4.69, 9.17) is 4.55 Å². The Kier molecular flexibility index (Phi) is 3.65. The monoisotopic (exact) mass is 274 g/mol. The van der Waals surface area contributed by atoms with Crippen LogP contribution in [0.25, 0.3) is 0 Å². The molecule has 0 aliphatic heterocycles. The maximum atomic E-state index is 12.2. The van der Waals surface area contributed by atoms with Crippen LogP contribution in [-0.2, 0) is 20.9 Å². The Labute approximate surface area is 103 Å². The van der Waals surface area contributed by atoms with Crippen molar-refractivity contribution < 1.29 is 17.2 Å². The summed E-state index contributed by atoms with van der Waals surface area (Å²) in [7, 11) is -3.26. The largest absolute Gasteiger partial charge is 0.302 e. The summed E-state index contributed by atoms with van der Waals surface area (Å²) in [5, 5.41) is -0.284. The van der Waals surface area contributed by atoms with Gasteiger partial charge in [0, 0.05) is 0 Å². The summed E-state index contributed by atoms with van der Waals surface area (Å²) in [6.45, 7) is 0. The topological polar surface area (TPSA) is 71.4 Å². The highest BCUT2D eigenvalue weighted by molar-refractivity contribution is 7.92. The van der Waals surface area contributed by atoms with E-state index >= 15 is 0 Å². The van der Waals surface area contributed by atoms with Gasteiger partial charge in [-0.25, -0.2) is 12.6 Å². The predicted molar refractivity (Wildman–Crippen MR) is 64.9 cm³/mol. The van der Waals surface area contributed by atoms with Crippen LogP contribution in [-0.4, -0.2) is 22.4 Å². The van der Waals surface area contributed by atoms with Crippen molar-refractivity contribution in [1.82, 2.24) is 0 Å². The molecule has 1 aromatic carbocycles. The van der Waals surface area contributed by atoms with Gasteiger partial charge in [0.1, 0.15) is 0 Å². The molecule has 0 amide bonds. The Morgan fingerprint density at radius 2 is 1.65 bits per heavy atom. The van der Waals surface area contributed by atoms with Crippen molar-refractivity contribution in [2.45, 2.75) is 40.7 Å². The van der Waals surface area contributed by atoms with Crippen LogP contribution >= 0.6 is 0 Å². The quantitative estimate of drug-likeness (QED) is 0.856. The molecule has 0 heterocycles. The Bertz CT molecular complexity index is 513. The van der Waals surface area contributed by atoms with Gasteiger partial charge in [-0.1, -0.05) is 12.8 Å². The molecule has 2 rings (SSSR count). The number of rotatable bonds is 3. The minimum atomic E-state index is -3.26. The summed E-state index contributed by atoms with van der Waals surface area (Å²) in [6, 6.07) is 5.60. The summed E-state index contributed by atoms with van der Waals surface area (Å²) >= 11 is -2.06. The van der Waals surface area contributed by atoms with Crippen molar-refractivity contribution in [2.75, 3.05) is 0 Å². The van der Waals surface area contributed by atoms with Gasteiger partial charge in [0.25, 0.3) is 0 Å². The van der Waals surface area contributed by atoms with Crippen LogP contribution in [0.5, 0.6) is 0 Å². The van der Waals surface area contributed by atoms with E-state index in [1.54, 1.807) is 0 Å². The van der Waals surface area contributed by atoms with Gasteiger partial charge in [0.05, 0.1) is 15.0 Å². The summed E-state index contributed by atoms with van der Waals surface area (Å²) in [5.41, 5.74) is 0. The molecule has 1 N–H and O–H groups in total. The number of hydrogen-bond donors (Lipinski definition) is 1. The first-order valence-corrected chi connectivity index (χ1v) is 8.12. The molecule has 1 aliphatic rings. The fourth-order valence-electron chi connectivity index (χ4n) is 2.14. The third-order valence-corrected chi connectivity index (χ3v) is 6.05. The Hall–Kier alpha value is -0.720. The number of benzene rings is 1. The molecule has 0 aromatic heterocycles. The first-order valence-electron chi connectivity index (χ1n) is 5.46. The maximum Gasteiger partial charge on any atom is 0.186 e. The van der Waals surface area contributed by atoms with Crippen LogP contribution in [0, 0.1) is 0 Å². The Morgan fingerprint density at radius 3 is 2.12 bits per heavy atom. The van der Waals surface area contributed by atoms with E-state index in [0.29, 0.717) is 0 Å². The van der Waals surface area contributed by atoms with E-state index in [0.717, 1.165) is 25.7 Å². The summed E-state index contributed by atoms with van der Waals surface area (Å²) < 4.78 is 44.0. The fourth-order valence-corrected chi connectivity index (χ4v) is 4.36. The fraction of sp³-hybridized carbons (Fsp3) is 0.455. The zero-order chi connectivity index (χ0) is 12.5. The van der Waals surface area contributed by atoms with Crippen molar-refractivity contribution in [3.63, 3.8) is 0 Å². The molecule has 94 valence electrons. The Balaban J connectivity index is 2.30. The molecule has 1 saturated carbocycles. The Morgan fingerprint density at radius 1 is 1.12 bits per heavy atom. The zero-order valence-corrected chi connectivity index (χ0v) is 10.8. The summed E-state index contributed by atoms with van der Waals surface area (Å²) in [6.07, 6.45) is 3.36. The van der Waals surface area contributed by atoms with E-state index < -0.39 is 20.9 Å². The molecule has 4 nitrogen and oxygen atoms in total. The van der Waals surface area contributed by atoms with Crippen molar-refractivity contribution in [2.24, 2.45) is 0 Å². The number of hydrogen-bond acceptors (Lipinski definition) is 3. The maximum absolute atomic E-state index is 12.2. The lowest BCUT2D eigenvalue weighted by atomic mass is 10.4. The summed E-state index contributed by atoms with van der Waals surface area (Å²) in [5.74, 6) is 0. The van der Waals surface area contributed by atoms with Crippen LogP contribution in [0.4, 0.5) is 0 Å². The molecule has 6 heteroatoms. The second-order valence-electron chi connectivity index (χ2n) is 4.17. The highest BCUT2D eigenvalue weighted by Gasteiger charge is 2.30. The average Bonchev–Trinajstić information content (AvgIpc) is 2.83. The highest BCUT2D eigenvalue weighted by atomic mass is 32.2. The number of sulfone groups is 1. The van der Waals surface area contributed by atoms with Gasteiger partial charge in [-0.3, -0.25) is 0 Å². The van der Waals surface area contributed by atoms with Crippen molar-refractivity contribution in [3.05, 3.63) is 24.3 Å². The third kappa shape index (κ3) is 2.59.